The first-order valence-electron chi connectivity index (χ1n) is 5.75. The van der Waals surface area contributed by atoms with E-state index in [2.05, 4.69) is 13.8 Å². The Bertz CT molecular complexity index is 180. The zero-order valence-electron chi connectivity index (χ0n) is 10.5. The van der Waals surface area contributed by atoms with E-state index < -0.39 is 0 Å². The molecule has 0 fully saturated rings. The summed E-state index contributed by atoms with van der Waals surface area (Å²) >= 11 is 0. The van der Waals surface area contributed by atoms with Crippen LogP contribution >= 0.6 is 0 Å². The smallest absolute Gasteiger partial charge is 0.140 e. The summed E-state index contributed by atoms with van der Waals surface area (Å²) in [6.07, 6.45) is 1.69. The van der Waals surface area contributed by atoms with Crippen molar-refractivity contribution in [2.45, 2.75) is 33.6 Å². The van der Waals surface area contributed by atoms with Crippen molar-refractivity contribution in [1.29, 1.82) is 0 Å². The number of Topliss-reactive ketones (excluding diaryl/α,β-unsaturated/α-hetero) is 1. The summed E-state index contributed by atoms with van der Waals surface area (Å²) in [5.74, 6) is 0.912. The second-order valence-corrected chi connectivity index (χ2v) is 4.65. The Hall–Kier alpha value is -0.410. The van der Waals surface area contributed by atoms with E-state index in [0.717, 1.165) is 12.8 Å². The molecule has 3 heteroatoms. The predicted molar refractivity (Wildman–Crippen MR) is 62.7 cm³/mol. The Morgan fingerprint density at radius 2 is 1.93 bits per heavy atom. The van der Waals surface area contributed by atoms with Crippen LogP contribution in [0.3, 0.4) is 0 Å². The van der Waals surface area contributed by atoms with Gasteiger partial charge in [0.05, 0.1) is 0 Å². The normalized spacial score (nSPS) is 15.3. The van der Waals surface area contributed by atoms with Gasteiger partial charge in [0.1, 0.15) is 5.78 Å². The van der Waals surface area contributed by atoms with Crippen molar-refractivity contribution in [3.05, 3.63) is 0 Å². The van der Waals surface area contributed by atoms with E-state index in [-0.39, 0.29) is 11.8 Å². The first kappa shape index (κ1) is 14.6. The lowest BCUT2D eigenvalue weighted by Crippen LogP contribution is -2.30. The maximum Gasteiger partial charge on any atom is 0.140 e. The summed E-state index contributed by atoms with van der Waals surface area (Å²) in [5.41, 5.74) is 5.64. The van der Waals surface area contributed by atoms with Gasteiger partial charge in [-0.05, 0) is 18.8 Å². The van der Waals surface area contributed by atoms with Gasteiger partial charge in [-0.25, -0.2) is 0 Å². The lowest BCUT2D eigenvalue weighted by molar-refractivity contribution is -0.127. The molecule has 3 nitrogen and oxygen atoms in total. The van der Waals surface area contributed by atoms with Crippen LogP contribution < -0.4 is 5.73 Å². The number of hydrogen-bond donors (Lipinski definition) is 1. The fourth-order valence-electron chi connectivity index (χ4n) is 1.74. The maximum atomic E-state index is 12.0. The van der Waals surface area contributed by atoms with Crippen LogP contribution in [0.1, 0.15) is 33.6 Å². The molecular formula is C12H25NO2. The summed E-state index contributed by atoms with van der Waals surface area (Å²) in [6, 6.07) is 0. The molecule has 0 rings (SSSR count). The van der Waals surface area contributed by atoms with Crippen LogP contribution in [0.5, 0.6) is 0 Å². The first-order chi connectivity index (χ1) is 7.02. The summed E-state index contributed by atoms with van der Waals surface area (Å²) in [6.45, 7) is 7.32. The fraction of sp³-hybridized carbons (Fsp3) is 0.917. The van der Waals surface area contributed by atoms with Crippen molar-refractivity contribution in [1.82, 2.24) is 0 Å². The summed E-state index contributed by atoms with van der Waals surface area (Å²) in [7, 11) is 1.66. The Morgan fingerprint density at radius 3 is 2.33 bits per heavy atom. The van der Waals surface area contributed by atoms with E-state index in [9.17, 15) is 4.79 Å². The Morgan fingerprint density at radius 1 is 1.33 bits per heavy atom. The molecule has 0 aromatic rings. The number of carbonyl (C=O) groups excluding carboxylic acids is 1. The minimum absolute atomic E-state index is 0.0249. The van der Waals surface area contributed by atoms with E-state index in [1.165, 1.54) is 0 Å². The van der Waals surface area contributed by atoms with E-state index in [1.54, 1.807) is 7.11 Å². The fourth-order valence-corrected chi connectivity index (χ4v) is 1.74. The van der Waals surface area contributed by atoms with Crippen LogP contribution in [0.4, 0.5) is 0 Å². The molecule has 0 radical (unpaired) electrons. The van der Waals surface area contributed by atoms with Gasteiger partial charge >= 0.3 is 0 Å². The number of methoxy groups -OCH3 is 1. The second kappa shape index (κ2) is 7.83. The predicted octanol–water partition coefficient (Wildman–Crippen LogP) is 1.85. The number of ether oxygens (including phenoxy) is 1. The summed E-state index contributed by atoms with van der Waals surface area (Å²) < 4.78 is 4.97. The molecule has 90 valence electrons. The van der Waals surface area contributed by atoms with Gasteiger partial charge in [-0.3, -0.25) is 4.79 Å². The number of nitrogens with two attached hydrogens (primary N) is 1. The van der Waals surface area contributed by atoms with Crippen molar-refractivity contribution in [3.63, 3.8) is 0 Å². The van der Waals surface area contributed by atoms with Crippen molar-refractivity contribution in [2.75, 3.05) is 20.3 Å². The molecule has 0 aromatic carbocycles. The standard InChI is InChI=1S/C12H25NO2/c1-9(2)7-11(8-13)12(14)10(3)5-6-15-4/h9-11H,5-8,13H2,1-4H3. The Kier molecular flexibility index (Phi) is 7.61. The molecule has 2 unspecified atom stereocenters. The second-order valence-electron chi connectivity index (χ2n) is 4.65. The SMILES string of the molecule is COCCC(C)C(=O)C(CN)CC(C)C. The topological polar surface area (TPSA) is 52.3 Å². The number of ketones is 1. The van der Waals surface area contributed by atoms with Gasteiger partial charge < -0.3 is 10.5 Å². The Labute approximate surface area is 93.4 Å². The highest BCUT2D eigenvalue weighted by atomic mass is 16.5. The van der Waals surface area contributed by atoms with Crippen LogP contribution in [-0.2, 0) is 9.53 Å². The number of carbonyl (C=O) groups is 1. The summed E-state index contributed by atoms with van der Waals surface area (Å²) in [4.78, 5) is 12.0. The Balaban J connectivity index is 4.12. The molecule has 0 saturated heterocycles. The zero-order chi connectivity index (χ0) is 11.8. The molecule has 0 saturated carbocycles. The molecule has 0 spiro atoms. The van der Waals surface area contributed by atoms with Crippen molar-refractivity contribution in [3.8, 4) is 0 Å². The third kappa shape index (κ3) is 5.90. The minimum atomic E-state index is 0.0249. The first-order valence-corrected chi connectivity index (χ1v) is 5.75. The van der Waals surface area contributed by atoms with Gasteiger partial charge in [-0.15, -0.1) is 0 Å². The molecule has 0 amide bonds. The molecule has 0 heterocycles. The van der Waals surface area contributed by atoms with Crippen LogP contribution in [0.2, 0.25) is 0 Å². The third-order valence-electron chi connectivity index (χ3n) is 2.68. The molecule has 0 aromatic heterocycles. The highest BCUT2D eigenvalue weighted by Crippen LogP contribution is 2.17. The molecule has 0 aliphatic carbocycles. The zero-order valence-corrected chi connectivity index (χ0v) is 10.5. The summed E-state index contributed by atoms with van der Waals surface area (Å²) in [5, 5.41) is 0. The average Bonchev–Trinajstić information content (AvgIpc) is 2.21. The minimum Gasteiger partial charge on any atom is -0.385 e. The molecular weight excluding hydrogens is 190 g/mol. The van der Waals surface area contributed by atoms with Crippen molar-refractivity contribution in [2.24, 2.45) is 23.5 Å². The highest BCUT2D eigenvalue weighted by Gasteiger charge is 2.22. The van der Waals surface area contributed by atoms with Crippen LogP contribution in [0.25, 0.3) is 0 Å². The van der Waals surface area contributed by atoms with Gasteiger partial charge in [-0.1, -0.05) is 20.8 Å². The van der Waals surface area contributed by atoms with Crippen molar-refractivity contribution >= 4 is 5.78 Å². The van der Waals surface area contributed by atoms with Gasteiger partial charge in [0.25, 0.3) is 0 Å². The van der Waals surface area contributed by atoms with E-state index in [0.29, 0.717) is 24.9 Å². The average molecular weight is 215 g/mol. The van der Waals surface area contributed by atoms with E-state index >= 15 is 0 Å². The van der Waals surface area contributed by atoms with Crippen LogP contribution in [0.15, 0.2) is 0 Å². The molecule has 0 aliphatic rings. The highest BCUT2D eigenvalue weighted by molar-refractivity contribution is 5.83. The van der Waals surface area contributed by atoms with Crippen molar-refractivity contribution < 1.29 is 9.53 Å². The molecule has 15 heavy (non-hydrogen) atoms. The van der Waals surface area contributed by atoms with Gasteiger partial charge in [0.2, 0.25) is 0 Å². The van der Waals surface area contributed by atoms with E-state index in [4.69, 9.17) is 10.5 Å². The lowest BCUT2D eigenvalue weighted by atomic mass is 9.86. The maximum absolute atomic E-state index is 12.0. The number of hydrogen-bond acceptors (Lipinski definition) is 3. The van der Waals surface area contributed by atoms with Crippen LogP contribution in [0, 0.1) is 17.8 Å². The van der Waals surface area contributed by atoms with Gasteiger partial charge in [0, 0.05) is 32.1 Å². The molecule has 0 bridgehead atoms. The molecule has 0 aliphatic heterocycles. The number of rotatable bonds is 8. The molecule has 2 atom stereocenters. The lowest BCUT2D eigenvalue weighted by Gasteiger charge is -2.19. The molecule has 2 N–H and O–H groups in total. The van der Waals surface area contributed by atoms with E-state index in [1.807, 2.05) is 6.92 Å². The monoisotopic (exact) mass is 215 g/mol. The third-order valence-corrected chi connectivity index (χ3v) is 2.68. The van der Waals surface area contributed by atoms with Crippen LogP contribution in [-0.4, -0.2) is 26.0 Å². The quantitative estimate of drug-likeness (QED) is 0.672. The van der Waals surface area contributed by atoms with Gasteiger partial charge in [-0.2, -0.15) is 0 Å². The van der Waals surface area contributed by atoms with Gasteiger partial charge in [0.15, 0.2) is 0 Å². The largest absolute Gasteiger partial charge is 0.385 e.